The van der Waals surface area contributed by atoms with E-state index in [9.17, 15) is 4.39 Å². The normalized spacial score (nSPS) is 11.0. The zero-order valence-electron chi connectivity index (χ0n) is 11.3. The Kier molecular flexibility index (Phi) is 4.37. The van der Waals surface area contributed by atoms with Crippen molar-refractivity contribution in [1.82, 2.24) is 15.1 Å². The van der Waals surface area contributed by atoms with Gasteiger partial charge in [0.1, 0.15) is 5.82 Å². The van der Waals surface area contributed by atoms with Crippen LogP contribution in [0.4, 0.5) is 4.39 Å². The summed E-state index contributed by atoms with van der Waals surface area (Å²) in [6, 6.07) is 4.99. The Morgan fingerprint density at radius 2 is 2.16 bits per heavy atom. The average Bonchev–Trinajstić information content (AvgIpc) is 2.66. The molecular formula is C14H17BrFN3. The summed E-state index contributed by atoms with van der Waals surface area (Å²) in [7, 11) is 3.78. The highest BCUT2D eigenvalue weighted by Crippen LogP contribution is 2.31. The third-order valence-electron chi connectivity index (χ3n) is 3.22. The van der Waals surface area contributed by atoms with E-state index in [1.54, 1.807) is 10.7 Å². The Morgan fingerprint density at radius 1 is 1.42 bits per heavy atom. The van der Waals surface area contributed by atoms with Gasteiger partial charge in [0.2, 0.25) is 0 Å². The molecular weight excluding hydrogens is 309 g/mol. The minimum Gasteiger partial charge on any atom is -0.319 e. The molecule has 0 bridgehead atoms. The monoisotopic (exact) mass is 325 g/mol. The Balaban J connectivity index is 2.56. The van der Waals surface area contributed by atoms with Crippen molar-refractivity contribution in [2.24, 2.45) is 7.05 Å². The van der Waals surface area contributed by atoms with Crippen molar-refractivity contribution < 1.29 is 4.39 Å². The van der Waals surface area contributed by atoms with Crippen LogP contribution in [0.15, 0.2) is 22.7 Å². The standard InChI is InChI=1S/C14H17BrFN3/c1-9-14(11-8-10(15)4-5-12(11)16)13(6-7-17-2)18-19(9)3/h4-5,8,17H,6-7H2,1-3H3. The van der Waals surface area contributed by atoms with Gasteiger partial charge in [0.25, 0.3) is 0 Å². The third kappa shape index (κ3) is 2.87. The molecule has 5 heteroatoms. The summed E-state index contributed by atoms with van der Waals surface area (Å²) in [6.45, 7) is 2.78. The number of aromatic nitrogens is 2. The number of nitrogens with one attached hydrogen (secondary N) is 1. The number of halogens is 2. The molecule has 0 aliphatic rings. The van der Waals surface area contributed by atoms with Crippen molar-refractivity contribution in [1.29, 1.82) is 0 Å². The van der Waals surface area contributed by atoms with Crippen molar-refractivity contribution in [3.63, 3.8) is 0 Å². The molecule has 1 heterocycles. The van der Waals surface area contributed by atoms with E-state index in [4.69, 9.17) is 0 Å². The summed E-state index contributed by atoms with van der Waals surface area (Å²) in [4.78, 5) is 0. The van der Waals surface area contributed by atoms with Crippen LogP contribution in [0.1, 0.15) is 11.4 Å². The van der Waals surface area contributed by atoms with Gasteiger partial charge >= 0.3 is 0 Å². The van der Waals surface area contributed by atoms with Crippen LogP contribution in [0.25, 0.3) is 11.1 Å². The van der Waals surface area contributed by atoms with Gasteiger partial charge in [-0.15, -0.1) is 0 Å². The number of benzene rings is 1. The van der Waals surface area contributed by atoms with Gasteiger partial charge < -0.3 is 5.32 Å². The average molecular weight is 326 g/mol. The molecule has 2 aromatic rings. The van der Waals surface area contributed by atoms with Gasteiger partial charge in [0.05, 0.1) is 5.69 Å². The molecule has 1 aromatic carbocycles. The van der Waals surface area contributed by atoms with E-state index in [1.807, 2.05) is 27.1 Å². The fraction of sp³-hybridized carbons (Fsp3) is 0.357. The molecule has 0 saturated carbocycles. The van der Waals surface area contributed by atoms with Crippen LogP contribution < -0.4 is 5.32 Å². The second kappa shape index (κ2) is 5.84. The molecule has 2 rings (SSSR count). The van der Waals surface area contributed by atoms with E-state index < -0.39 is 0 Å². The van der Waals surface area contributed by atoms with E-state index in [0.717, 1.165) is 34.4 Å². The number of nitrogens with zero attached hydrogens (tertiary/aromatic N) is 2. The van der Waals surface area contributed by atoms with Crippen molar-refractivity contribution >= 4 is 15.9 Å². The zero-order valence-corrected chi connectivity index (χ0v) is 12.9. The lowest BCUT2D eigenvalue weighted by Crippen LogP contribution is -2.11. The summed E-state index contributed by atoms with van der Waals surface area (Å²) in [5.41, 5.74) is 3.40. The van der Waals surface area contributed by atoms with Gasteiger partial charge in [-0.25, -0.2) is 4.39 Å². The van der Waals surface area contributed by atoms with Gasteiger partial charge in [-0.1, -0.05) is 15.9 Å². The van der Waals surface area contributed by atoms with Crippen molar-refractivity contribution in [3.8, 4) is 11.1 Å². The quantitative estimate of drug-likeness (QED) is 0.936. The number of likely N-dealkylation sites (N-methyl/N-ethyl adjacent to an activating group) is 1. The Bertz CT molecular complexity index is 593. The SMILES string of the molecule is CNCCc1nn(C)c(C)c1-c1cc(Br)ccc1F. The molecule has 0 aliphatic carbocycles. The second-order valence-corrected chi connectivity index (χ2v) is 5.42. The lowest BCUT2D eigenvalue weighted by atomic mass is 10.0. The molecule has 0 spiro atoms. The molecule has 1 N–H and O–H groups in total. The fourth-order valence-corrected chi connectivity index (χ4v) is 2.50. The molecule has 0 unspecified atom stereocenters. The lowest BCUT2D eigenvalue weighted by molar-refractivity contribution is 0.630. The predicted octanol–water partition coefficient (Wildman–Crippen LogP) is 3.06. The van der Waals surface area contributed by atoms with Crippen molar-refractivity contribution in [3.05, 3.63) is 39.9 Å². The smallest absolute Gasteiger partial charge is 0.131 e. The highest BCUT2D eigenvalue weighted by molar-refractivity contribution is 9.10. The van der Waals surface area contributed by atoms with E-state index in [-0.39, 0.29) is 5.82 Å². The topological polar surface area (TPSA) is 29.9 Å². The van der Waals surface area contributed by atoms with Gasteiger partial charge in [-0.05, 0) is 32.2 Å². The van der Waals surface area contributed by atoms with Crippen LogP contribution >= 0.6 is 15.9 Å². The largest absolute Gasteiger partial charge is 0.319 e. The Morgan fingerprint density at radius 3 is 2.84 bits per heavy atom. The first-order valence-electron chi connectivity index (χ1n) is 6.17. The predicted molar refractivity (Wildman–Crippen MR) is 78.7 cm³/mol. The molecule has 0 fully saturated rings. The van der Waals surface area contributed by atoms with E-state index in [2.05, 4.69) is 26.3 Å². The van der Waals surface area contributed by atoms with Crippen LogP contribution in [-0.4, -0.2) is 23.4 Å². The van der Waals surface area contributed by atoms with E-state index >= 15 is 0 Å². The fourth-order valence-electron chi connectivity index (χ4n) is 2.13. The van der Waals surface area contributed by atoms with Crippen LogP contribution in [0.3, 0.4) is 0 Å². The first kappa shape index (κ1) is 14.2. The van der Waals surface area contributed by atoms with Crippen LogP contribution in [0.5, 0.6) is 0 Å². The molecule has 0 radical (unpaired) electrons. The van der Waals surface area contributed by atoms with Crippen molar-refractivity contribution in [2.45, 2.75) is 13.3 Å². The van der Waals surface area contributed by atoms with Gasteiger partial charge in [0.15, 0.2) is 0 Å². The molecule has 0 saturated heterocycles. The first-order chi connectivity index (χ1) is 9.04. The third-order valence-corrected chi connectivity index (χ3v) is 3.71. The minimum absolute atomic E-state index is 0.218. The van der Waals surface area contributed by atoms with Crippen molar-refractivity contribution in [2.75, 3.05) is 13.6 Å². The summed E-state index contributed by atoms with van der Waals surface area (Å²) in [5, 5.41) is 7.59. The summed E-state index contributed by atoms with van der Waals surface area (Å²) >= 11 is 3.40. The molecule has 19 heavy (non-hydrogen) atoms. The van der Waals surface area contributed by atoms with E-state index in [1.165, 1.54) is 6.07 Å². The molecule has 0 aliphatic heterocycles. The summed E-state index contributed by atoms with van der Waals surface area (Å²) < 4.78 is 16.7. The number of hydrogen-bond acceptors (Lipinski definition) is 2. The zero-order chi connectivity index (χ0) is 14.0. The number of rotatable bonds is 4. The molecule has 3 nitrogen and oxygen atoms in total. The summed E-state index contributed by atoms with van der Waals surface area (Å²) in [5.74, 6) is -0.218. The van der Waals surface area contributed by atoms with Gasteiger partial charge in [-0.2, -0.15) is 5.10 Å². The molecule has 1 aromatic heterocycles. The lowest BCUT2D eigenvalue weighted by Gasteiger charge is -2.06. The first-order valence-corrected chi connectivity index (χ1v) is 6.96. The second-order valence-electron chi connectivity index (χ2n) is 4.51. The Labute approximate surface area is 121 Å². The maximum atomic E-state index is 14.1. The minimum atomic E-state index is -0.218. The molecule has 0 atom stereocenters. The maximum Gasteiger partial charge on any atom is 0.131 e. The van der Waals surface area contributed by atoms with Crippen LogP contribution in [0.2, 0.25) is 0 Å². The number of hydrogen-bond donors (Lipinski definition) is 1. The Hall–Kier alpha value is -1.20. The maximum absolute atomic E-state index is 14.1. The van der Waals surface area contributed by atoms with Gasteiger partial charge in [-0.3, -0.25) is 4.68 Å². The highest BCUT2D eigenvalue weighted by atomic mass is 79.9. The van der Waals surface area contributed by atoms with Gasteiger partial charge in [0, 0.05) is 41.3 Å². The molecule has 0 amide bonds. The number of aryl methyl sites for hydroxylation is 1. The van der Waals surface area contributed by atoms with Crippen LogP contribution in [-0.2, 0) is 13.5 Å². The van der Waals surface area contributed by atoms with Crippen LogP contribution in [0, 0.1) is 12.7 Å². The summed E-state index contributed by atoms with van der Waals surface area (Å²) in [6.07, 6.45) is 0.777. The highest BCUT2D eigenvalue weighted by Gasteiger charge is 2.17. The van der Waals surface area contributed by atoms with E-state index in [0.29, 0.717) is 5.56 Å². The molecule has 102 valence electrons.